The van der Waals surface area contributed by atoms with Crippen LogP contribution in [0, 0.1) is 5.82 Å². The molecule has 6 nitrogen and oxygen atoms in total. The number of hydrogen-bond donors (Lipinski definition) is 1. The van der Waals surface area contributed by atoms with E-state index < -0.39 is 15.8 Å². The fourth-order valence-corrected chi connectivity index (χ4v) is 4.11. The number of anilines is 1. The maximum absolute atomic E-state index is 12.9. The summed E-state index contributed by atoms with van der Waals surface area (Å²) in [6.07, 6.45) is 1.29. The van der Waals surface area contributed by atoms with Gasteiger partial charge in [0, 0.05) is 25.1 Å². The predicted octanol–water partition coefficient (Wildman–Crippen LogP) is 1.96. The summed E-state index contributed by atoms with van der Waals surface area (Å²) in [5.41, 5.74) is 6.26. The molecule has 2 heterocycles. The molecule has 1 saturated heterocycles. The van der Waals surface area contributed by atoms with Crippen molar-refractivity contribution in [3.05, 3.63) is 41.8 Å². The first-order valence-corrected chi connectivity index (χ1v) is 8.38. The Hall–Kier alpha value is -1.93. The Morgan fingerprint density at radius 3 is 2.41 bits per heavy atom. The Morgan fingerprint density at radius 1 is 1.23 bits per heavy atom. The lowest BCUT2D eigenvalue weighted by Gasteiger charge is -2.30. The summed E-state index contributed by atoms with van der Waals surface area (Å²) in [5, 5.41) is 3.88. The molecule has 1 aromatic carbocycles. The molecule has 118 valence electrons. The fraction of sp³-hybridized carbons (Fsp3) is 0.357. The number of sulfonamides is 1. The van der Waals surface area contributed by atoms with Gasteiger partial charge in [0.1, 0.15) is 5.82 Å². The molecule has 1 aliphatic heterocycles. The molecule has 0 unspecified atom stereocenters. The average Bonchev–Trinajstić information content (AvgIpc) is 2.94. The molecule has 2 N–H and O–H groups in total. The van der Waals surface area contributed by atoms with Crippen LogP contribution in [0.2, 0.25) is 0 Å². The third-order valence-corrected chi connectivity index (χ3v) is 5.78. The zero-order valence-corrected chi connectivity index (χ0v) is 12.6. The molecule has 0 atom stereocenters. The van der Waals surface area contributed by atoms with Gasteiger partial charge in [-0.1, -0.05) is 5.16 Å². The van der Waals surface area contributed by atoms with Crippen LogP contribution < -0.4 is 5.73 Å². The van der Waals surface area contributed by atoms with Gasteiger partial charge < -0.3 is 10.3 Å². The number of nitrogens with zero attached hydrogens (tertiary/aromatic N) is 2. The van der Waals surface area contributed by atoms with Crippen molar-refractivity contribution in [1.82, 2.24) is 9.46 Å². The number of piperidine rings is 1. The van der Waals surface area contributed by atoms with Crippen LogP contribution in [0.4, 0.5) is 10.3 Å². The maximum atomic E-state index is 12.9. The van der Waals surface area contributed by atoms with Gasteiger partial charge in [-0.15, -0.1) is 0 Å². The highest BCUT2D eigenvalue weighted by atomic mass is 32.2. The van der Waals surface area contributed by atoms with Crippen molar-refractivity contribution in [1.29, 1.82) is 0 Å². The van der Waals surface area contributed by atoms with Crippen molar-refractivity contribution >= 4 is 15.9 Å². The van der Waals surface area contributed by atoms with Crippen LogP contribution in [0.3, 0.4) is 0 Å². The first-order chi connectivity index (χ1) is 10.5. The Labute approximate surface area is 127 Å². The third kappa shape index (κ3) is 2.84. The molecule has 0 spiro atoms. The van der Waals surface area contributed by atoms with Crippen molar-refractivity contribution in [3.63, 3.8) is 0 Å². The van der Waals surface area contributed by atoms with E-state index in [4.69, 9.17) is 10.3 Å². The van der Waals surface area contributed by atoms with Gasteiger partial charge in [0.2, 0.25) is 15.9 Å². The zero-order valence-electron chi connectivity index (χ0n) is 11.8. The lowest BCUT2D eigenvalue weighted by atomic mass is 9.95. The molecule has 0 radical (unpaired) electrons. The minimum absolute atomic E-state index is 0.109. The van der Waals surface area contributed by atoms with Gasteiger partial charge in [0.15, 0.2) is 0 Å². The number of nitrogens with two attached hydrogens (primary N) is 1. The van der Waals surface area contributed by atoms with Crippen molar-refractivity contribution in [2.24, 2.45) is 0 Å². The lowest BCUT2D eigenvalue weighted by Crippen LogP contribution is -2.37. The molecule has 0 bridgehead atoms. The summed E-state index contributed by atoms with van der Waals surface area (Å²) in [6.45, 7) is 0.772. The largest absolute Gasteiger partial charge is 0.368 e. The zero-order chi connectivity index (χ0) is 15.7. The van der Waals surface area contributed by atoms with Crippen molar-refractivity contribution in [3.8, 4) is 0 Å². The van der Waals surface area contributed by atoms with Gasteiger partial charge in [0.05, 0.1) is 10.6 Å². The quantitative estimate of drug-likeness (QED) is 0.932. The SMILES string of the molecule is Nc1cc(C2CCN(S(=O)(=O)c3ccc(F)cc3)CC2)no1. The third-order valence-electron chi connectivity index (χ3n) is 3.87. The van der Waals surface area contributed by atoms with Gasteiger partial charge in [-0.05, 0) is 37.1 Å². The molecule has 2 aromatic rings. The molecule has 0 aliphatic carbocycles. The molecule has 1 aliphatic rings. The van der Waals surface area contributed by atoms with Crippen molar-refractivity contribution in [2.75, 3.05) is 18.8 Å². The summed E-state index contributed by atoms with van der Waals surface area (Å²) in [4.78, 5) is 0.109. The average molecular weight is 325 g/mol. The van der Waals surface area contributed by atoms with Crippen LogP contribution in [0.25, 0.3) is 0 Å². The standard InChI is InChI=1S/C14H16FN3O3S/c15-11-1-3-12(4-2-11)22(19,20)18-7-5-10(6-8-18)13-9-14(16)21-17-13/h1-4,9-10H,5-8,16H2. The highest BCUT2D eigenvalue weighted by molar-refractivity contribution is 7.89. The van der Waals surface area contributed by atoms with E-state index in [0.717, 1.165) is 17.8 Å². The lowest BCUT2D eigenvalue weighted by molar-refractivity contribution is 0.309. The minimum Gasteiger partial charge on any atom is -0.368 e. The van der Waals surface area contributed by atoms with Crippen molar-refractivity contribution in [2.45, 2.75) is 23.7 Å². The van der Waals surface area contributed by atoms with Gasteiger partial charge >= 0.3 is 0 Å². The number of nitrogen functional groups attached to an aromatic ring is 1. The second kappa shape index (κ2) is 5.69. The number of hydrogen-bond acceptors (Lipinski definition) is 5. The Bertz CT molecular complexity index is 750. The topological polar surface area (TPSA) is 89.4 Å². The molecule has 8 heteroatoms. The van der Waals surface area contributed by atoms with Crippen LogP contribution in [0.15, 0.2) is 39.8 Å². The molecular formula is C14H16FN3O3S. The molecule has 3 rings (SSSR count). The van der Waals surface area contributed by atoms with Crippen LogP contribution in [0.5, 0.6) is 0 Å². The second-order valence-corrected chi connectivity index (χ2v) is 7.22. The highest BCUT2D eigenvalue weighted by Gasteiger charge is 2.31. The number of aromatic nitrogens is 1. The highest BCUT2D eigenvalue weighted by Crippen LogP contribution is 2.30. The van der Waals surface area contributed by atoms with E-state index in [-0.39, 0.29) is 16.7 Å². The van der Waals surface area contributed by atoms with E-state index in [1.807, 2.05) is 0 Å². The summed E-state index contributed by atoms with van der Waals surface area (Å²) in [5.74, 6) is -0.0571. The van der Waals surface area contributed by atoms with Gasteiger partial charge in [-0.25, -0.2) is 12.8 Å². The first kappa shape index (κ1) is 15.0. The van der Waals surface area contributed by atoms with Crippen LogP contribution in [-0.4, -0.2) is 31.0 Å². The van der Waals surface area contributed by atoms with E-state index >= 15 is 0 Å². The van der Waals surface area contributed by atoms with E-state index in [9.17, 15) is 12.8 Å². The normalized spacial score (nSPS) is 17.7. The van der Waals surface area contributed by atoms with Crippen LogP contribution >= 0.6 is 0 Å². The summed E-state index contributed by atoms with van der Waals surface area (Å²) in [6, 6.07) is 6.55. The predicted molar refractivity (Wildman–Crippen MR) is 78.0 cm³/mol. The number of halogens is 1. The van der Waals surface area contributed by atoms with E-state index in [0.29, 0.717) is 25.9 Å². The fourth-order valence-electron chi connectivity index (χ4n) is 2.64. The van der Waals surface area contributed by atoms with E-state index in [1.165, 1.54) is 16.4 Å². The molecular weight excluding hydrogens is 309 g/mol. The minimum atomic E-state index is -3.58. The maximum Gasteiger partial charge on any atom is 0.243 e. The summed E-state index contributed by atoms with van der Waals surface area (Å²) >= 11 is 0. The number of rotatable bonds is 3. The monoisotopic (exact) mass is 325 g/mol. The second-order valence-electron chi connectivity index (χ2n) is 5.29. The Balaban J connectivity index is 1.71. The van der Waals surface area contributed by atoms with Crippen molar-refractivity contribution < 1.29 is 17.3 Å². The van der Waals surface area contributed by atoms with Crippen LogP contribution in [0.1, 0.15) is 24.5 Å². The summed E-state index contributed by atoms with van der Waals surface area (Å²) in [7, 11) is -3.58. The molecule has 1 fully saturated rings. The Kier molecular flexibility index (Phi) is 3.88. The first-order valence-electron chi connectivity index (χ1n) is 6.94. The van der Waals surface area contributed by atoms with Gasteiger partial charge in [-0.3, -0.25) is 0 Å². The molecule has 0 amide bonds. The van der Waals surface area contributed by atoms with Gasteiger partial charge in [0.25, 0.3) is 0 Å². The molecule has 1 aromatic heterocycles. The smallest absolute Gasteiger partial charge is 0.243 e. The molecule has 0 saturated carbocycles. The van der Waals surface area contributed by atoms with Gasteiger partial charge in [-0.2, -0.15) is 4.31 Å². The summed E-state index contributed by atoms with van der Waals surface area (Å²) < 4.78 is 44.2. The van der Waals surface area contributed by atoms with Crippen LogP contribution in [-0.2, 0) is 10.0 Å². The number of benzene rings is 1. The molecule has 22 heavy (non-hydrogen) atoms. The Morgan fingerprint density at radius 2 is 1.86 bits per heavy atom. The van der Waals surface area contributed by atoms with E-state index in [1.54, 1.807) is 6.07 Å². The van der Waals surface area contributed by atoms with E-state index in [2.05, 4.69) is 5.16 Å².